The number of carbonyl (C=O) groups excluding carboxylic acids is 1. The third-order valence-corrected chi connectivity index (χ3v) is 5.80. The Morgan fingerprint density at radius 2 is 2.11 bits per heavy atom. The minimum absolute atomic E-state index is 0.00749. The molecule has 18 heavy (non-hydrogen) atoms. The summed E-state index contributed by atoms with van der Waals surface area (Å²) < 4.78 is 25.3. The summed E-state index contributed by atoms with van der Waals surface area (Å²) in [5, 5.41) is 2.41. The number of aromatic nitrogens is 1. The van der Waals surface area contributed by atoms with E-state index >= 15 is 0 Å². The van der Waals surface area contributed by atoms with Gasteiger partial charge in [0.05, 0.1) is 0 Å². The van der Waals surface area contributed by atoms with E-state index in [1.54, 1.807) is 0 Å². The molecule has 1 aromatic heterocycles. The van der Waals surface area contributed by atoms with Crippen molar-refractivity contribution < 1.29 is 13.2 Å². The van der Waals surface area contributed by atoms with Crippen molar-refractivity contribution in [3.63, 3.8) is 0 Å². The quantitative estimate of drug-likeness (QED) is 0.764. The zero-order valence-corrected chi connectivity index (χ0v) is 11.9. The molecular formula is C9H15N3O4S2. The first kappa shape index (κ1) is 14.9. The molecule has 0 aliphatic heterocycles. The average Bonchev–Trinajstić information content (AvgIpc) is 2.65. The van der Waals surface area contributed by atoms with Gasteiger partial charge in [0.15, 0.2) is 4.21 Å². The van der Waals surface area contributed by atoms with Crippen molar-refractivity contribution in [3.8, 4) is 0 Å². The molecule has 0 bridgehead atoms. The number of rotatable bonds is 5. The maximum Gasteiger partial charge on any atom is 0.305 e. The molecule has 0 aromatic carbocycles. The van der Waals surface area contributed by atoms with Gasteiger partial charge in [-0.25, -0.2) is 8.42 Å². The van der Waals surface area contributed by atoms with Crippen molar-refractivity contribution in [2.24, 2.45) is 0 Å². The molecule has 0 fully saturated rings. The number of hydrogen-bond donors (Lipinski definition) is 2. The van der Waals surface area contributed by atoms with Crippen molar-refractivity contribution in [1.82, 2.24) is 14.6 Å². The largest absolute Gasteiger partial charge is 0.359 e. The molecule has 0 unspecified atom stereocenters. The van der Waals surface area contributed by atoms with E-state index in [0.29, 0.717) is 17.0 Å². The van der Waals surface area contributed by atoms with E-state index in [4.69, 9.17) is 0 Å². The lowest BCUT2D eigenvalue weighted by Gasteiger charge is -2.15. The van der Waals surface area contributed by atoms with Crippen LogP contribution in [0.1, 0.15) is 12.1 Å². The van der Waals surface area contributed by atoms with Crippen LogP contribution in [0.4, 0.5) is 0 Å². The highest BCUT2D eigenvalue weighted by molar-refractivity contribution is 7.91. The molecule has 1 rings (SSSR count). The molecule has 0 saturated heterocycles. The second kappa shape index (κ2) is 5.63. The van der Waals surface area contributed by atoms with Gasteiger partial charge < -0.3 is 10.3 Å². The fourth-order valence-electron chi connectivity index (χ4n) is 1.28. The van der Waals surface area contributed by atoms with E-state index in [1.807, 2.05) is 0 Å². The maximum absolute atomic E-state index is 12.1. The van der Waals surface area contributed by atoms with E-state index < -0.39 is 14.9 Å². The molecule has 0 aliphatic rings. The Kier molecular flexibility index (Phi) is 4.65. The number of amides is 1. The van der Waals surface area contributed by atoms with Gasteiger partial charge in [0, 0.05) is 32.8 Å². The standard InChI is InChI=1S/C9H15N3O4S2/c1-6-8(17-9(14)11-6)18(15,16)12(3)5-4-7(13)10-2/h4-5H2,1-3H3,(H,10,13)(H,11,14). The monoisotopic (exact) mass is 293 g/mol. The number of aryl methyl sites for hydroxylation is 1. The first-order valence-corrected chi connectivity index (χ1v) is 7.41. The van der Waals surface area contributed by atoms with Crippen LogP contribution < -0.4 is 10.2 Å². The molecule has 0 saturated carbocycles. The lowest BCUT2D eigenvalue weighted by Crippen LogP contribution is -2.31. The molecule has 1 amide bonds. The minimum atomic E-state index is -3.71. The van der Waals surface area contributed by atoms with Gasteiger partial charge in [-0.05, 0) is 6.92 Å². The highest BCUT2D eigenvalue weighted by atomic mass is 32.2. The van der Waals surface area contributed by atoms with Crippen LogP contribution in [-0.2, 0) is 14.8 Å². The molecule has 0 aliphatic carbocycles. The Morgan fingerprint density at radius 3 is 2.56 bits per heavy atom. The summed E-state index contributed by atoms with van der Waals surface area (Å²) in [6.45, 7) is 1.59. The Labute approximate surface area is 109 Å². The van der Waals surface area contributed by atoms with Gasteiger partial charge in [0.1, 0.15) is 0 Å². The number of thiazole rings is 1. The molecule has 9 heteroatoms. The molecule has 0 spiro atoms. The molecule has 1 heterocycles. The molecule has 102 valence electrons. The maximum atomic E-state index is 12.1. The number of aromatic amines is 1. The normalized spacial score (nSPS) is 11.8. The predicted octanol–water partition coefficient (Wildman–Crippen LogP) is -0.499. The van der Waals surface area contributed by atoms with Crippen LogP contribution in [0.3, 0.4) is 0 Å². The van der Waals surface area contributed by atoms with E-state index in [-0.39, 0.29) is 23.1 Å². The van der Waals surface area contributed by atoms with Gasteiger partial charge in [-0.3, -0.25) is 9.59 Å². The zero-order valence-electron chi connectivity index (χ0n) is 10.3. The predicted molar refractivity (Wildman–Crippen MR) is 68.2 cm³/mol. The highest BCUT2D eigenvalue weighted by Crippen LogP contribution is 2.19. The topological polar surface area (TPSA) is 99.3 Å². The third kappa shape index (κ3) is 3.18. The summed E-state index contributed by atoms with van der Waals surface area (Å²) in [6, 6.07) is 0. The van der Waals surface area contributed by atoms with Crippen LogP contribution in [0.15, 0.2) is 9.00 Å². The molecular weight excluding hydrogens is 278 g/mol. The number of nitrogens with one attached hydrogen (secondary N) is 2. The van der Waals surface area contributed by atoms with E-state index in [9.17, 15) is 18.0 Å². The van der Waals surface area contributed by atoms with Crippen molar-refractivity contribution >= 4 is 27.3 Å². The van der Waals surface area contributed by atoms with Gasteiger partial charge in [-0.2, -0.15) is 4.31 Å². The molecule has 0 radical (unpaired) electrons. The van der Waals surface area contributed by atoms with Crippen LogP contribution in [0.25, 0.3) is 0 Å². The smallest absolute Gasteiger partial charge is 0.305 e. The lowest BCUT2D eigenvalue weighted by atomic mass is 10.4. The van der Waals surface area contributed by atoms with Crippen LogP contribution in [0.2, 0.25) is 0 Å². The van der Waals surface area contributed by atoms with Crippen molar-refractivity contribution in [1.29, 1.82) is 0 Å². The Bertz CT molecular complexity index is 587. The Balaban J connectivity index is 2.90. The molecule has 2 N–H and O–H groups in total. The minimum Gasteiger partial charge on any atom is -0.359 e. The van der Waals surface area contributed by atoms with Gasteiger partial charge in [-0.1, -0.05) is 11.3 Å². The summed E-state index contributed by atoms with van der Waals surface area (Å²) >= 11 is 0.648. The number of carbonyl (C=O) groups is 1. The van der Waals surface area contributed by atoms with E-state index in [0.717, 1.165) is 4.31 Å². The van der Waals surface area contributed by atoms with Crippen molar-refractivity contribution in [3.05, 3.63) is 15.4 Å². The molecule has 1 aromatic rings. The second-order valence-electron chi connectivity index (χ2n) is 3.68. The SMILES string of the molecule is CNC(=O)CCN(C)S(=O)(=O)c1sc(=O)[nH]c1C. The molecule has 0 atom stereocenters. The summed E-state index contributed by atoms with van der Waals surface area (Å²) in [6.07, 6.45) is 0.0740. The number of nitrogens with zero attached hydrogens (tertiary/aromatic N) is 1. The van der Waals surface area contributed by atoms with Crippen LogP contribution in [-0.4, -0.2) is 44.3 Å². The van der Waals surface area contributed by atoms with Gasteiger partial charge in [0.2, 0.25) is 5.91 Å². The number of sulfonamides is 1. The van der Waals surface area contributed by atoms with E-state index in [1.165, 1.54) is 21.0 Å². The zero-order chi connectivity index (χ0) is 13.9. The lowest BCUT2D eigenvalue weighted by molar-refractivity contribution is -0.120. The van der Waals surface area contributed by atoms with Crippen LogP contribution in [0.5, 0.6) is 0 Å². The fraction of sp³-hybridized carbons (Fsp3) is 0.556. The summed E-state index contributed by atoms with van der Waals surface area (Å²) in [4.78, 5) is 24.2. The van der Waals surface area contributed by atoms with Crippen molar-refractivity contribution in [2.45, 2.75) is 17.6 Å². The second-order valence-corrected chi connectivity index (χ2v) is 6.90. The third-order valence-electron chi connectivity index (χ3n) is 2.36. The van der Waals surface area contributed by atoms with Crippen LogP contribution >= 0.6 is 11.3 Å². The van der Waals surface area contributed by atoms with Crippen molar-refractivity contribution in [2.75, 3.05) is 20.6 Å². The Hall–Kier alpha value is -1.19. The first-order chi connectivity index (χ1) is 8.28. The van der Waals surface area contributed by atoms with Gasteiger partial charge in [-0.15, -0.1) is 0 Å². The summed E-state index contributed by atoms with van der Waals surface area (Å²) in [7, 11) is -0.850. The summed E-state index contributed by atoms with van der Waals surface area (Å²) in [5.41, 5.74) is 0.316. The fourth-order valence-corrected chi connectivity index (χ4v) is 3.94. The van der Waals surface area contributed by atoms with Crippen LogP contribution in [0, 0.1) is 6.92 Å². The Morgan fingerprint density at radius 1 is 1.50 bits per heavy atom. The first-order valence-electron chi connectivity index (χ1n) is 5.15. The number of hydrogen-bond acceptors (Lipinski definition) is 5. The highest BCUT2D eigenvalue weighted by Gasteiger charge is 2.25. The van der Waals surface area contributed by atoms with Gasteiger partial charge >= 0.3 is 4.87 Å². The average molecular weight is 293 g/mol. The van der Waals surface area contributed by atoms with Gasteiger partial charge in [0.25, 0.3) is 10.0 Å². The van der Waals surface area contributed by atoms with E-state index in [2.05, 4.69) is 10.3 Å². The molecule has 7 nitrogen and oxygen atoms in total. The summed E-state index contributed by atoms with van der Waals surface area (Å²) in [5.74, 6) is -0.240. The number of H-pyrrole nitrogens is 1.